The Morgan fingerprint density at radius 3 is 2.51 bits per heavy atom. The van der Waals surface area contributed by atoms with Crippen molar-refractivity contribution in [1.82, 2.24) is 10.6 Å². The maximum atomic E-state index is 13.7. The average molecular weight is 521 g/mol. The van der Waals surface area contributed by atoms with E-state index in [4.69, 9.17) is 32.4 Å². The molecule has 5 rings (SSSR count). The van der Waals surface area contributed by atoms with Crippen LogP contribution in [0.2, 0.25) is 10.0 Å². The molecule has 2 N–H and O–H groups in total. The molecule has 0 saturated heterocycles. The van der Waals surface area contributed by atoms with E-state index in [0.29, 0.717) is 17.7 Å². The minimum atomic E-state index is -0.623. The molecular formula is C25H20Cl2F2N2O4. The molecule has 3 atom stereocenters. The molecule has 2 amide bonds. The van der Waals surface area contributed by atoms with E-state index in [-0.39, 0.29) is 51.9 Å². The Bertz CT molecular complexity index is 1310. The van der Waals surface area contributed by atoms with Gasteiger partial charge in [0.1, 0.15) is 23.1 Å². The van der Waals surface area contributed by atoms with Gasteiger partial charge in [-0.25, -0.2) is 8.78 Å². The molecule has 3 aromatic rings. The van der Waals surface area contributed by atoms with Gasteiger partial charge in [0.15, 0.2) is 12.4 Å². The summed E-state index contributed by atoms with van der Waals surface area (Å²) in [5, 5.41) is 5.92. The SMILES string of the molecule is O=C(COc1ccc(Cl)c(F)c1)NC1CC2CC2(NC(=O)c2ccc(-c3ccc(Cl)c(F)c3)o2)C1. The van der Waals surface area contributed by atoms with Crippen molar-refractivity contribution in [3.8, 4) is 17.1 Å². The second-order valence-electron chi connectivity index (χ2n) is 8.87. The van der Waals surface area contributed by atoms with Crippen molar-refractivity contribution in [2.75, 3.05) is 6.61 Å². The van der Waals surface area contributed by atoms with Crippen LogP contribution >= 0.6 is 23.2 Å². The van der Waals surface area contributed by atoms with Gasteiger partial charge in [-0.05, 0) is 67.6 Å². The van der Waals surface area contributed by atoms with Crippen molar-refractivity contribution < 1.29 is 27.5 Å². The van der Waals surface area contributed by atoms with Crippen LogP contribution in [0.3, 0.4) is 0 Å². The van der Waals surface area contributed by atoms with Gasteiger partial charge in [0.05, 0.1) is 10.0 Å². The standard InChI is InChI=1S/C25H20Cl2F2N2O4/c26-17-3-1-13(7-19(17)28)21-5-6-22(35-21)24(33)31-25-10-14(25)8-15(11-25)30-23(32)12-34-16-2-4-18(27)20(29)9-16/h1-7,9,14-15H,8,10-12H2,(H,30,32)(H,31,33). The smallest absolute Gasteiger partial charge is 0.287 e. The molecule has 0 spiro atoms. The molecule has 2 aliphatic carbocycles. The number of furan rings is 1. The van der Waals surface area contributed by atoms with Crippen LogP contribution in [-0.4, -0.2) is 30.0 Å². The molecule has 10 heteroatoms. The first-order valence-electron chi connectivity index (χ1n) is 11.0. The number of nitrogens with one attached hydrogen (secondary N) is 2. The summed E-state index contributed by atoms with van der Waals surface area (Å²) in [5.41, 5.74) is 0.0785. The maximum absolute atomic E-state index is 13.7. The molecule has 2 aliphatic rings. The Balaban J connectivity index is 1.14. The number of ether oxygens (including phenoxy) is 1. The third-order valence-corrected chi connectivity index (χ3v) is 7.05. The van der Waals surface area contributed by atoms with E-state index in [1.54, 1.807) is 12.1 Å². The quantitative estimate of drug-likeness (QED) is 0.438. The summed E-state index contributed by atoms with van der Waals surface area (Å²) in [5.74, 6) is -0.966. The summed E-state index contributed by atoms with van der Waals surface area (Å²) >= 11 is 11.4. The highest BCUT2D eigenvalue weighted by molar-refractivity contribution is 6.31. The first-order chi connectivity index (χ1) is 16.7. The van der Waals surface area contributed by atoms with Gasteiger partial charge < -0.3 is 19.8 Å². The van der Waals surface area contributed by atoms with Crippen LogP contribution < -0.4 is 15.4 Å². The molecule has 2 saturated carbocycles. The Labute approximate surface area is 209 Å². The van der Waals surface area contributed by atoms with Gasteiger partial charge in [0, 0.05) is 23.2 Å². The van der Waals surface area contributed by atoms with E-state index in [9.17, 15) is 18.4 Å². The first kappa shape index (κ1) is 23.6. The third-order valence-electron chi connectivity index (χ3n) is 6.43. The Morgan fingerprint density at radius 2 is 1.77 bits per heavy atom. The number of rotatable bonds is 7. The zero-order valence-corrected chi connectivity index (χ0v) is 19.8. The van der Waals surface area contributed by atoms with Crippen LogP contribution in [-0.2, 0) is 4.79 Å². The molecule has 1 heterocycles. The third kappa shape index (κ3) is 4.99. The molecule has 2 aromatic carbocycles. The molecule has 0 bridgehead atoms. The molecule has 3 unspecified atom stereocenters. The number of amides is 2. The van der Waals surface area contributed by atoms with Crippen molar-refractivity contribution >= 4 is 35.0 Å². The predicted molar refractivity (Wildman–Crippen MR) is 125 cm³/mol. The van der Waals surface area contributed by atoms with Crippen LogP contribution in [0.5, 0.6) is 5.75 Å². The number of halogens is 4. The summed E-state index contributed by atoms with van der Waals surface area (Å²) in [4.78, 5) is 25.1. The molecule has 0 aliphatic heterocycles. The van der Waals surface area contributed by atoms with Gasteiger partial charge >= 0.3 is 0 Å². The van der Waals surface area contributed by atoms with Crippen molar-refractivity contribution in [2.45, 2.75) is 30.8 Å². The summed E-state index contributed by atoms with van der Waals surface area (Å²) in [6.07, 6.45) is 2.14. The number of benzene rings is 2. The number of fused-ring (bicyclic) bond motifs is 1. The lowest BCUT2D eigenvalue weighted by Gasteiger charge is -2.19. The zero-order valence-electron chi connectivity index (χ0n) is 18.2. The van der Waals surface area contributed by atoms with Crippen LogP contribution in [0.25, 0.3) is 11.3 Å². The Morgan fingerprint density at radius 1 is 1.03 bits per heavy atom. The minimum Gasteiger partial charge on any atom is -0.484 e. The number of carbonyl (C=O) groups excluding carboxylic acids is 2. The van der Waals surface area contributed by atoms with Crippen LogP contribution in [0, 0.1) is 17.6 Å². The molecule has 182 valence electrons. The largest absolute Gasteiger partial charge is 0.484 e. The summed E-state index contributed by atoms with van der Waals surface area (Å²) < 4.78 is 38.2. The van der Waals surface area contributed by atoms with E-state index >= 15 is 0 Å². The fraction of sp³-hybridized carbons (Fsp3) is 0.280. The van der Waals surface area contributed by atoms with E-state index in [1.165, 1.54) is 30.3 Å². The number of hydrogen-bond donors (Lipinski definition) is 2. The second kappa shape index (κ2) is 9.17. The average Bonchev–Trinajstić information content (AvgIpc) is 3.14. The Hall–Kier alpha value is -3.10. The normalized spacial score (nSPS) is 22.4. The minimum absolute atomic E-state index is 0.00506. The van der Waals surface area contributed by atoms with Crippen molar-refractivity contribution in [1.29, 1.82) is 0 Å². The first-order valence-corrected chi connectivity index (χ1v) is 11.7. The molecule has 2 fully saturated rings. The highest BCUT2D eigenvalue weighted by Crippen LogP contribution is 2.55. The van der Waals surface area contributed by atoms with E-state index in [0.717, 1.165) is 18.9 Å². The second-order valence-corrected chi connectivity index (χ2v) is 9.69. The van der Waals surface area contributed by atoms with Gasteiger partial charge in [-0.3, -0.25) is 9.59 Å². The molecule has 0 radical (unpaired) electrons. The fourth-order valence-corrected chi connectivity index (χ4v) is 4.89. The summed E-state index contributed by atoms with van der Waals surface area (Å²) in [7, 11) is 0. The predicted octanol–water partition coefficient (Wildman–Crippen LogP) is 5.38. The van der Waals surface area contributed by atoms with Crippen molar-refractivity contribution in [2.24, 2.45) is 5.92 Å². The lowest BCUT2D eigenvalue weighted by atomic mass is 10.1. The van der Waals surface area contributed by atoms with E-state index < -0.39 is 17.2 Å². The Kier molecular flexibility index (Phi) is 6.19. The van der Waals surface area contributed by atoms with Crippen LogP contribution in [0.1, 0.15) is 29.8 Å². The van der Waals surface area contributed by atoms with Gasteiger partial charge in [-0.2, -0.15) is 0 Å². The fourth-order valence-electron chi connectivity index (χ4n) is 4.66. The maximum Gasteiger partial charge on any atom is 0.287 e. The van der Waals surface area contributed by atoms with E-state index in [1.807, 2.05) is 0 Å². The highest BCUT2D eigenvalue weighted by Gasteiger charge is 2.61. The number of carbonyl (C=O) groups is 2. The van der Waals surface area contributed by atoms with Crippen molar-refractivity contribution in [3.05, 3.63) is 76.0 Å². The molecule has 35 heavy (non-hydrogen) atoms. The summed E-state index contributed by atoms with van der Waals surface area (Å²) in [6, 6.07) is 11.3. The van der Waals surface area contributed by atoms with Gasteiger partial charge in [0.2, 0.25) is 0 Å². The van der Waals surface area contributed by atoms with Crippen molar-refractivity contribution in [3.63, 3.8) is 0 Å². The lowest BCUT2D eigenvalue weighted by Crippen LogP contribution is -2.42. The molecule has 1 aromatic heterocycles. The van der Waals surface area contributed by atoms with Gasteiger partial charge in [0.25, 0.3) is 11.8 Å². The molecule has 6 nitrogen and oxygen atoms in total. The van der Waals surface area contributed by atoms with Gasteiger partial charge in [-0.15, -0.1) is 0 Å². The molecular weight excluding hydrogens is 501 g/mol. The number of hydrogen-bond acceptors (Lipinski definition) is 4. The lowest BCUT2D eigenvalue weighted by molar-refractivity contribution is -0.123. The van der Waals surface area contributed by atoms with Gasteiger partial charge in [-0.1, -0.05) is 23.2 Å². The zero-order chi connectivity index (χ0) is 24.7. The van der Waals surface area contributed by atoms with Crippen LogP contribution in [0.15, 0.2) is 52.9 Å². The summed E-state index contributed by atoms with van der Waals surface area (Å²) in [6.45, 7) is -0.262. The topological polar surface area (TPSA) is 80.6 Å². The van der Waals surface area contributed by atoms with E-state index in [2.05, 4.69) is 10.6 Å². The monoisotopic (exact) mass is 520 g/mol. The van der Waals surface area contributed by atoms with Crippen LogP contribution in [0.4, 0.5) is 8.78 Å². The highest BCUT2D eigenvalue weighted by atomic mass is 35.5.